The van der Waals surface area contributed by atoms with Crippen LogP contribution in [0.2, 0.25) is 0 Å². The second-order valence-corrected chi connectivity index (χ2v) is 14.8. The van der Waals surface area contributed by atoms with Gasteiger partial charge >= 0.3 is 0 Å². The van der Waals surface area contributed by atoms with Gasteiger partial charge in [0.2, 0.25) is 0 Å². The van der Waals surface area contributed by atoms with Crippen LogP contribution in [0, 0.1) is 0 Å². The van der Waals surface area contributed by atoms with E-state index in [-0.39, 0.29) is 0 Å². The Hall–Kier alpha value is -7.62. The Kier molecular flexibility index (Phi) is 6.93. The molecule has 3 nitrogen and oxygen atoms in total. The zero-order chi connectivity index (χ0) is 37.5. The number of anilines is 3. The molecule has 0 atom stereocenters. The van der Waals surface area contributed by atoms with Gasteiger partial charge in [-0.05, 0) is 110 Å². The molecule has 0 saturated heterocycles. The molecule has 57 heavy (non-hydrogen) atoms. The van der Waals surface area contributed by atoms with Gasteiger partial charge in [0.25, 0.3) is 0 Å². The lowest BCUT2D eigenvalue weighted by Crippen LogP contribution is -2.09. The molecule has 2 heterocycles. The molecule has 0 saturated carbocycles. The van der Waals surface area contributed by atoms with Crippen LogP contribution in [0.3, 0.4) is 0 Å². The van der Waals surface area contributed by atoms with Crippen LogP contribution in [0.5, 0.6) is 0 Å². The van der Waals surface area contributed by atoms with Gasteiger partial charge in [0.1, 0.15) is 22.3 Å². The van der Waals surface area contributed by atoms with E-state index in [1.165, 1.54) is 38.1 Å². The van der Waals surface area contributed by atoms with Crippen LogP contribution in [-0.4, -0.2) is 0 Å². The van der Waals surface area contributed by atoms with Crippen molar-refractivity contribution in [2.45, 2.75) is 0 Å². The van der Waals surface area contributed by atoms with Crippen LogP contribution in [0.15, 0.2) is 209 Å². The maximum atomic E-state index is 6.53. The lowest BCUT2D eigenvalue weighted by molar-refractivity contribution is 0.669. The van der Waals surface area contributed by atoms with Gasteiger partial charge in [0.15, 0.2) is 0 Å². The summed E-state index contributed by atoms with van der Waals surface area (Å²) in [6, 6.07) is 71.5. The molecule has 0 aliphatic rings. The van der Waals surface area contributed by atoms with Gasteiger partial charge in [-0.25, -0.2) is 0 Å². The SMILES string of the molecule is c1ccc2c(c1)cc(-c1ccc(N(c3ccc(-c4cccc5oc6c7ccccc7ccc6c45)cc3)c3ccc4c(c3)oc3ccccc34)cc1)c1ccccc12. The highest BCUT2D eigenvalue weighted by atomic mass is 16.3. The number of hydrogen-bond donors (Lipinski definition) is 0. The van der Waals surface area contributed by atoms with E-state index in [2.05, 4.69) is 193 Å². The summed E-state index contributed by atoms with van der Waals surface area (Å²) >= 11 is 0. The second-order valence-electron chi connectivity index (χ2n) is 14.8. The number of hydrogen-bond acceptors (Lipinski definition) is 3. The maximum Gasteiger partial charge on any atom is 0.143 e. The fraction of sp³-hybridized carbons (Fsp3) is 0. The number of nitrogens with zero attached hydrogens (tertiary/aromatic N) is 1. The number of para-hydroxylation sites is 1. The van der Waals surface area contributed by atoms with Crippen molar-refractivity contribution in [3.05, 3.63) is 200 Å². The highest BCUT2D eigenvalue weighted by molar-refractivity contribution is 6.19. The minimum Gasteiger partial charge on any atom is -0.456 e. The summed E-state index contributed by atoms with van der Waals surface area (Å²) in [5, 5.41) is 11.8. The summed E-state index contributed by atoms with van der Waals surface area (Å²) < 4.78 is 12.9. The number of furan rings is 2. The van der Waals surface area contributed by atoms with Crippen molar-refractivity contribution in [3.63, 3.8) is 0 Å². The molecule has 266 valence electrons. The van der Waals surface area contributed by atoms with E-state index in [0.29, 0.717) is 0 Å². The Morgan fingerprint density at radius 1 is 0.298 bits per heavy atom. The molecular weight excluding hydrogens is 695 g/mol. The van der Waals surface area contributed by atoms with Gasteiger partial charge in [-0.2, -0.15) is 0 Å². The van der Waals surface area contributed by atoms with E-state index < -0.39 is 0 Å². The van der Waals surface area contributed by atoms with Crippen LogP contribution < -0.4 is 4.90 Å². The predicted octanol–water partition coefficient (Wildman–Crippen LogP) is 15.7. The molecular formula is C54H33NO2. The first-order chi connectivity index (χ1) is 28.2. The van der Waals surface area contributed by atoms with Gasteiger partial charge in [-0.15, -0.1) is 0 Å². The van der Waals surface area contributed by atoms with Crippen molar-refractivity contribution in [2.75, 3.05) is 4.90 Å². The monoisotopic (exact) mass is 727 g/mol. The third-order valence-corrected chi connectivity index (χ3v) is 11.6. The van der Waals surface area contributed by atoms with E-state index in [4.69, 9.17) is 8.83 Å². The van der Waals surface area contributed by atoms with Crippen LogP contribution in [0.4, 0.5) is 17.1 Å². The van der Waals surface area contributed by atoms with E-state index in [9.17, 15) is 0 Å². The van der Waals surface area contributed by atoms with Crippen molar-refractivity contribution < 1.29 is 8.83 Å². The normalized spacial score (nSPS) is 11.9. The fourth-order valence-corrected chi connectivity index (χ4v) is 8.97. The largest absolute Gasteiger partial charge is 0.456 e. The van der Waals surface area contributed by atoms with Gasteiger partial charge < -0.3 is 13.7 Å². The highest BCUT2D eigenvalue weighted by Gasteiger charge is 2.19. The lowest BCUT2D eigenvalue weighted by Gasteiger charge is -2.26. The van der Waals surface area contributed by atoms with E-state index >= 15 is 0 Å². The fourth-order valence-electron chi connectivity index (χ4n) is 8.97. The minimum atomic E-state index is 0.862. The van der Waals surface area contributed by atoms with E-state index in [1.807, 2.05) is 12.1 Å². The Balaban J connectivity index is 0.993. The van der Waals surface area contributed by atoms with Crippen LogP contribution in [0.25, 0.3) is 98.4 Å². The molecule has 3 heteroatoms. The first-order valence-electron chi connectivity index (χ1n) is 19.4. The average molecular weight is 728 g/mol. The number of rotatable bonds is 5. The van der Waals surface area contributed by atoms with Crippen LogP contribution >= 0.6 is 0 Å². The zero-order valence-electron chi connectivity index (χ0n) is 30.8. The number of benzene rings is 10. The molecule has 0 aliphatic heterocycles. The molecule has 0 radical (unpaired) electrons. The number of fused-ring (bicyclic) bond motifs is 11. The average Bonchev–Trinajstić information content (AvgIpc) is 3.85. The summed E-state index contributed by atoms with van der Waals surface area (Å²) in [7, 11) is 0. The van der Waals surface area contributed by atoms with Crippen LogP contribution in [-0.2, 0) is 0 Å². The first-order valence-corrected chi connectivity index (χ1v) is 19.4. The van der Waals surface area contributed by atoms with Gasteiger partial charge in [0.05, 0.1) is 0 Å². The lowest BCUT2D eigenvalue weighted by atomic mass is 9.93. The summed E-state index contributed by atoms with van der Waals surface area (Å²) in [6.07, 6.45) is 0. The maximum absolute atomic E-state index is 6.53. The van der Waals surface area contributed by atoms with Crippen molar-refractivity contribution in [1.29, 1.82) is 0 Å². The predicted molar refractivity (Wildman–Crippen MR) is 239 cm³/mol. The van der Waals surface area contributed by atoms with E-state index in [0.717, 1.165) is 77.5 Å². The molecule has 0 unspecified atom stereocenters. The topological polar surface area (TPSA) is 29.5 Å². The van der Waals surface area contributed by atoms with Crippen LogP contribution in [0.1, 0.15) is 0 Å². The standard InChI is InChI=1S/C54H33NO2/c1-4-13-43-34(10-1)24-30-48-53-42(17-9-19-51(53)57-54(43)48)35-20-25-38(26-21-35)55(40-29-31-47-46-16-7-8-18-50(46)56-52(47)33-40)39-27-22-36(23-28-39)49-32-37-11-2-3-12-41(37)44-14-5-6-15-45(44)49/h1-33H. The minimum absolute atomic E-state index is 0.862. The third-order valence-electron chi connectivity index (χ3n) is 11.6. The third kappa shape index (κ3) is 4.99. The second kappa shape index (κ2) is 12.5. The molecule has 12 aromatic rings. The van der Waals surface area contributed by atoms with Crippen molar-refractivity contribution in [3.8, 4) is 22.3 Å². The first kappa shape index (κ1) is 31.7. The van der Waals surface area contributed by atoms with Crippen molar-refractivity contribution in [2.24, 2.45) is 0 Å². The Morgan fingerprint density at radius 2 is 0.877 bits per heavy atom. The Morgan fingerprint density at radius 3 is 1.67 bits per heavy atom. The molecule has 0 fully saturated rings. The summed E-state index contributed by atoms with van der Waals surface area (Å²) in [5.74, 6) is 0. The summed E-state index contributed by atoms with van der Waals surface area (Å²) in [6.45, 7) is 0. The molecule has 0 spiro atoms. The molecule has 0 bridgehead atoms. The highest BCUT2D eigenvalue weighted by Crippen LogP contribution is 2.43. The quantitative estimate of drug-likeness (QED) is 0.165. The molecule has 0 amide bonds. The summed E-state index contributed by atoms with van der Waals surface area (Å²) in [4.78, 5) is 2.32. The molecule has 0 N–H and O–H groups in total. The van der Waals surface area contributed by atoms with Crippen molar-refractivity contribution >= 4 is 93.3 Å². The molecule has 12 rings (SSSR count). The Labute approximate surface area is 328 Å². The molecule has 10 aromatic carbocycles. The molecule has 2 aromatic heterocycles. The van der Waals surface area contributed by atoms with Gasteiger partial charge in [-0.1, -0.05) is 133 Å². The van der Waals surface area contributed by atoms with Crippen molar-refractivity contribution in [1.82, 2.24) is 0 Å². The van der Waals surface area contributed by atoms with E-state index in [1.54, 1.807) is 0 Å². The Bertz CT molecular complexity index is 3520. The summed E-state index contributed by atoms with van der Waals surface area (Å²) in [5.41, 5.74) is 11.4. The smallest absolute Gasteiger partial charge is 0.143 e. The van der Waals surface area contributed by atoms with Gasteiger partial charge in [0, 0.05) is 50.1 Å². The zero-order valence-corrected chi connectivity index (χ0v) is 30.8. The van der Waals surface area contributed by atoms with Gasteiger partial charge in [-0.3, -0.25) is 0 Å². The molecule has 0 aliphatic carbocycles.